The van der Waals surface area contributed by atoms with Crippen LogP contribution in [0.5, 0.6) is 5.75 Å². The SMILES string of the molecule is C=CC(N)OC(N)=O.CN(C)[C@@H]1C(O)=C(C(N)=O)C(=O)[C@@]2(O)C(O)=C3C(=O)c4c(O)cccc4[C@@](C)(O)[C@H]3C[C@@H]12. The van der Waals surface area contributed by atoms with Gasteiger partial charge in [-0.2, -0.15) is 0 Å². The highest BCUT2D eigenvalue weighted by Gasteiger charge is 2.65. The van der Waals surface area contributed by atoms with Crippen molar-refractivity contribution in [1.29, 1.82) is 0 Å². The number of carbonyl (C=O) groups is 4. The lowest BCUT2D eigenvalue weighted by molar-refractivity contribution is -0.151. The number of phenolic OH excluding ortho intramolecular Hbond substituents is 1. The van der Waals surface area contributed by atoms with Crippen LogP contribution in [0.25, 0.3) is 0 Å². The number of aliphatic hydroxyl groups excluding tert-OH is 2. The van der Waals surface area contributed by atoms with Crippen LogP contribution in [0.1, 0.15) is 29.3 Å². The van der Waals surface area contributed by atoms with Crippen molar-refractivity contribution >= 4 is 23.6 Å². The third kappa shape index (κ3) is 4.50. The number of phenols is 1. The van der Waals surface area contributed by atoms with Gasteiger partial charge in [-0.3, -0.25) is 25.0 Å². The van der Waals surface area contributed by atoms with E-state index >= 15 is 0 Å². The number of carbonyl (C=O) groups excluding carboxylic acids is 4. The lowest BCUT2D eigenvalue weighted by Gasteiger charge is -2.52. The fourth-order valence-electron chi connectivity index (χ4n) is 5.69. The van der Waals surface area contributed by atoms with Crippen LogP contribution in [0, 0.1) is 11.8 Å². The summed E-state index contributed by atoms with van der Waals surface area (Å²) in [5.74, 6) is -7.89. The first-order chi connectivity index (χ1) is 18.4. The Kier molecular flexibility index (Phi) is 7.87. The highest BCUT2D eigenvalue weighted by Crippen LogP contribution is 2.56. The van der Waals surface area contributed by atoms with E-state index < -0.39 is 87.3 Å². The molecule has 0 fully saturated rings. The van der Waals surface area contributed by atoms with E-state index in [1.807, 2.05) is 0 Å². The number of nitrogens with two attached hydrogens (primary N) is 3. The van der Waals surface area contributed by atoms with Crippen molar-refractivity contribution in [3.63, 3.8) is 0 Å². The number of primary amides is 2. The molecule has 1 unspecified atom stereocenters. The smallest absolute Gasteiger partial charge is 0.406 e. The Labute approximate surface area is 228 Å². The number of aliphatic hydroxyl groups is 4. The second-order valence-corrected chi connectivity index (χ2v) is 10.1. The van der Waals surface area contributed by atoms with E-state index in [-0.39, 0.29) is 17.5 Å². The number of aromatic hydroxyl groups is 1. The minimum atomic E-state index is -2.75. The molecule has 3 aliphatic carbocycles. The van der Waals surface area contributed by atoms with Gasteiger partial charge in [0.2, 0.25) is 5.78 Å². The summed E-state index contributed by atoms with van der Waals surface area (Å²) in [6, 6.07) is 3.05. The molecule has 216 valence electrons. The third-order valence-corrected chi connectivity index (χ3v) is 7.51. The molecule has 4 rings (SSSR count). The number of likely N-dealkylation sites (N-methyl/N-ethyl adjacent to an activating group) is 1. The zero-order chi connectivity index (χ0) is 30.5. The maximum Gasteiger partial charge on any atom is 0.406 e. The van der Waals surface area contributed by atoms with Crippen molar-refractivity contribution in [2.75, 3.05) is 14.1 Å². The number of fused-ring (bicyclic) bond motifs is 3. The molecule has 1 aromatic carbocycles. The Morgan fingerprint density at radius 2 is 1.77 bits per heavy atom. The maximum atomic E-state index is 13.3. The van der Waals surface area contributed by atoms with E-state index in [1.165, 1.54) is 50.2 Å². The molecule has 0 bridgehead atoms. The summed E-state index contributed by atoms with van der Waals surface area (Å²) in [7, 11) is 3.06. The summed E-state index contributed by atoms with van der Waals surface area (Å²) in [5, 5.41) is 55.0. The first-order valence-electron chi connectivity index (χ1n) is 12.0. The molecule has 14 heteroatoms. The predicted molar refractivity (Wildman–Crippen MR) is 138 cm³/mol. The van der Waals surface area contributed by atoms with Gasteiger partial charge in [-0.15, -0.1) is 0 Å². The number of amides is 2. The minimum Gasteiger partial charge on any atom is -0.510 e. The van der Waals surface area contributed by atoms with Crippen LogP contribution >= 0.6 is 0 Å². The van der Waals surface area contributed by atoms with Gasteiger partial charge in [-0.25, -0.2) is 4.79 Å². The lowest BCUT2D eigenvalue weighted by atomic mass is 9.55. The van der Waals surface area contributed by atoms with Crippen molar-refractivity contribution in [3.8, 4) is 5.75 Å². The zero-order valence-electron chi connectivity index (χ0n) is 22.0. The van der Waals surface area contributed by atoms with E-state index in [0.29, 0.717) is 0 Å². The first-order valence-corrected chi connectivity index (χ1v) is 12.0. The number of Topliss-reactive ketones (excluding diaryl/α,β-unsaturated/α-hetero) is 2. The van der Waals surface area contributed by atoms with Crippen LogP contribution in [0.15, 0.2) is 53.5 Å². The molecular formula is C26H32N4O10. The molecule has 0 heterocycles. The molecule has 1 aromatic rings. The number of benzene rings is 1. The van der Waals surface area contributed by atoms with Crippen LogP contribution in [0.4, 0.5) is 4.79 Å². The fraction of sp³-hybridized carbons (Fsp3) is 0.385. The van der Waals surface area contributed by atoms with Crippen molar-refractivity contribution in [1.82, 2.24) is 4.90 Å². The van der Waals surface area contributed by atoms with Crippen LogP contribution in [0.2, 0.25) is 0 Å². The second-order valence-electron chi connectivity index (χ2n) is 10.1. The Bertz CT molecular complexity index is 1360. The van der Waals surface area contributed by atoms with E-state index in [0.717, 1.165) is 0 Å². The molecule has 11 N–H and O–H groups in total. The number of rotatable bonds is 4. The second kappa shape index (κ2) is 10.4. The fourth-order valence-corrected chi connectivity index (χ4v) is 5.69. The van der Waals surface area contributed by atoms with E-state index in [1.54, 1.807) is 0 Å². The van der Waals surface area contributed by atoms with E-state index in [4.69, 9.17) is 11.5 Å². The number of hydrogen-bond acceptors (Lipinski definition) is 12. The highest BCUT2D eigenvalue weighted by molar-refractivity contribution is 6.24. The molecule has 14 nitrogen and oxygen atoms in total. The van der Waals surface area contributed by atoms with Crippen LogP contribution in [-0.4, -0.2) is 86.0 Å². The van der Waals surface area contributed by atoms with Gasteiger partial charge in [0.15, 0.2) is 17.6 Å². The predicted octanol–water partition coefficient (Wildman–Crippen LogP) is -0.662. The Morgan fingerprint density at radius 1 is 1.18 bits per heavy atom. The average molecular weight is 561 g/mol. The topological polar surface area (TPSA) is 260 Å². The molecule has 0 aromatic heterocycles. The normalized spacial score (nSPS) is 29.9. The molecule has 2 amide bonds. The van der Waals surface area contributed by atoms with Crippen LogP contribution in [-0.2, 0) is 19.9 Å². The summed E-state index contributed by atoms with van der Waals surface area (Å²) >= 11 is 0. The number of ketones is 2. The van der Waals surface area contributed by atoms with Crippen LogP contribution < -0.4 is 17.2 Å². The Balaban J connectivity index is 0.000000482. The van der Waals surface area contributed by atoms with Crippen molar-refractivity contribution in [3.05, 3.63) is 64.6 Å². The quantitative estimate of drug-likeness (QED) is 0.130. The Morgan fingerprint density at radius 3 is 2.25 bits per heavy atom. The summed E-state index contributed by atoms with van der Waals surface area (Å²) in [4.78, 5) is 49.7. The summed E-state index contributed by atoms with van der Waals surface area (Å²) in [6.07, 6.45) is -0.607. The largest absolute Gasteiger partial charge is 0.510 e. The molecule has 6 atom stereocenters. The molecule has 0 radical (unpaired) electrons. The minimum absolute atomic E-state index is 0.135. The van der Waals surface area contributed by atoms with Crippen molar-refractivity contribution in [2.45, 2.75) is 36.8 Å². The van der Waals surface area contributed by atoms with E-state index in [9.17, 15) is 44.7 Å². The van der Waals surface area contributed by atoms with Gasteiger partial charge in [0.05, 0.1) is 17.2 Å². The molecule has 0 saturated heterocycles. The summed E-state index contributed by atoms with van der Waals surface area (Å²) in [5.41, 5.74) is 8.96. The van der Waals surface area contributed by atoms with Gasteiger partial charge >= 0.3 is 6.09 Å². The first kappa shape index (κ1) is 30.3. The summed E-state index contributed by atoms with van der Waals surface area (Å²) in [6.45, 7) is 4.66. The summed E-state index contributed by atoms with van der Waals surface area (Å²) < 4.78 is 4.20. The van der Waals surface area contributed by atoms with Gasteiger partial charge in [0.1, 0.15) is 22.8 Å². The molecule has 0 aliphatic heterocycles. The monoisotopic (exact) mass is 560 g/mol. The van der Waals surface area contributed by atoms with Crippen molar-refractivity contribution in [2.24, 2.45) is 29.0 Å². The molecule has 40 heavy (non-hydrogen) atoms. The molecule has 3 aliphatic rings. The zero-order valence-corrected chi connectivity index (χ0v) is 22.0. The van der Waals surface area contributed by atoms with Crippen LogP contribution in [0.3, 0.4) is 0 Å². The van der Waals surface area contributed by atoms with Gasteiger partial charge in [-0.05, 0) is 45.1 Å². The number of hydrogen-bond donors (Lipinski definition) is 8. The van der Waals surface area contributed by atoms with E-state index in [2.05, 4.69) is 17.0 Å². The Hall–Kier alpha value is -4.24. The molecule has 0 saturated carbocycles. The maximum absolute atomic E-state index is 13.3. The van der Waals surface area contributed by atoms with Gasteiger partial charge in [0, 0.05) is 17.4 Å². The molecule has 0 spiro atoms. The molecular weight excluding hydrogens is 528 g/mol. The highest BCUT2D eigenvalue weighted by atomic mass is 16.6. The number of nitrogens with zero attached hydrogens (tertiary/aromatic N) is 1. The van der Waals surface area contributed by atoms with Gasteiger partial charge in [0.25, 0.3) is 5.91 Å². The van der Waals surface area contributed by atoms with Gasteiger partial charge < -0.3 is 41.7 Å². The van der Waals surface area contributed by atoms with Gasteiger partial charge in [-0.1, -0.05) is 18.7 Å². The van der Waals surface area contributed by atoms with Crippen molar-refractivity contribution < 1.29 is 49.4 Å². The number of ether oxygens (including phenoxy) is 1. The third-order valence-electron chi connectivity index (χ3n) is 7.51. The lowest BCUT2D eigenvalue weighted by Crippen LogP contribution is -2.65. The average Bonchev–Trinajstić information content (AvgIpc) is 2.84. The standard InChI is InChI=1S/C22H24N2O8.C4H8N2O2/c1-21(31)8-5-4-6-11(25)12(8)16(26)13-9(21)7-10-15(24(2)3)17(27)14(20(23)30)19(29)22(10,32)18(13)28;1-2-3(5)8-4(6)7/h4-6,9-10,15,25,27-28,31-32H,7H2,1-3H3,(H2,23,30);2-3H,1,5H2,(H2,6,7)/t9-,10-,15-,21+,22-;/m0./s1.